The van der Waals surface area contributed by atoms with Crippen LogP contribution in [0.5, 0.6) is 11.5 Å². The number of phenolic OH excluding ortho intramolecular Hbond substituents is 1. The van der Waals surface area contributed by atoms with Crippen LogP contribution in [0.4, 0.5) is 0 Å². The number of hydrogen-bond donors (Lipinski definition) is 1. The topological polar surface area (TPSA) is 51.0 Å². The SMILES string of the molecule is CCO/N=C1\COc2c1ccc(O)c2C. The van der Waals surface area contributed by atoms with E-state index in [1.165, 1.54) is 0 Å². The molecule has 0 bridgehead atoms. The molecule has 0 atom stereocenters. The fraction of sp³-hybridized carbons (Fsp3) is 0.364. The van der Waals surface area contributed by atoms with Crippen LogP contribution >= 0.6 is 0 Å². The van der Waals surface area contributed by atoms with Crippen molar-refractivity contribution in [2.45, 2.75) is 13.8 Å². The van der Waals surface area contributed by atoms with E-state index in [1.807, 2.05) is 13.8 Å². The molecular weight excluding hydrogens is 194 g/mol. The smallest absolute Gasteiger partial charge is 0.135 e. The normalized spacial score (nSPS) is 16.3. The molecule has 1 heterocycles. The highest BCUT2D eigenvalue weighted by Crippen LogP contribution is 2.34. The van der Waals surface area contributed by atoms with Gasteiger partial charge < -0.3 is 14.7 Å². The second-order valence-electron chi connectivity index (χ2n) is 3.33. The van der Waals surface area contributed by atoms with Crippen LogP contribution in [-0.2, 0) is 4.84 Å². The molecule has 2 rings (SSSR count). The van der Waals surface area contributed by atoms with Crippen LogP contribution in [0, 0.1) is 6.92 Å². The summed E-state index contributed by atoms with van der Waals surface area (Å²) in [5, 5.41) is 13.5. The highest BCUT2D eigenvalue weighted by molar-refractivity contribution is 6.06. The predicted molar refractivity (Wildman–Crippen MR) is 56.5 cm³/mol. The van der Waals surface area contributed by atoms with E-state index in [4.69, 9.17) is 9.57 Å². The second-order valence-corrected chi connectivity index (χ2v) is 3.33. The van der Waals surface area contributed by atoms with E-state index in [-0.39, 0.29) is 5.75 Å². The summed E-state index contributed by atoms with van der Waals surface area (Å²) in [7, 11) is 0. The highest BCUT2D eigenvalue weighted by atomic mass is 16.6. The number of fused-ring (bicyclic) bond motifs is 1. The number of hydrogen-bond acceptors (Lipinski definition) is 4. The molecule has 0 fully saturated rings. The average Bonchev–Trinajstić information content (AvgIpc) is 2.64. The Morgan fingerprint density at radius 1 is 1.53 bits per heavy atom. The van der Waals surface area contributed by atoms with Gasteiger partial charge in [0.25, 0.3) is 0 Å². The summed E-state index contributed by atoms with van der Waals surface area (Å²) < 4.78 is 5.45. The third-order valence-corrected chi connectivity index (χ3v) is 2.35. The van der Waals surface area contributed by atoms with Gasteiger partial charge in [0.1, 0.15) is 30.4 Å². The van der Waals surface area contributed by atoms with Gasteiger partial charge in [-0.3, -0.25) is 0 Å². The van der Waals surface area contributed by atoms with Crippen molar-refractivity contribution in [1.82, 2.24) is 0 Å². The van der Waals surface area contributed by atoms with Crippen LogP contribution in [0.15, 0.2) is 17.3 Å². The predicted octanol–water partition coefficient (Wildman–Crippen LogP) is 1.83. The molecule has 1 N–H and O–H groups in total. The maximum atomic E-state index is 9.49. The molecule has 0 saturated heterocycles. The number of aromatic hydroxyl groups is 1. The fourth-order valence-electron chi connectivity index (χ4n) is 1.53. The monoisotopic (exact) mass is 207 g/mol. The minimum absolute atomic E-state index is 0.242. The Kier molecular flexibility index (Phi) is 2.49. The number of rotatable bonds is 2. The maximum Gasteiger partial charge on any atom is 0.135 e. The number of ether oxygens (including phenoxy) is 1. The minimum atomic E-state index is 0.242. The van der Waals surface area contributed by atoms with Crippen molar-refractivity contribution in [3.8, 4) is 11.5 Å². The Labute approximate surface area is 88.1 Å². The van der Waals surface area contributed by atoms with Crippen LogP contribution in [-0.4, -0.2) is 24.0 Å². The van der Waals surface area contributed by atoms with E-state index in [0.29, 0.717) is 19.0 Å². The molecule has 1 aromatic carbocycles. The lowest BCUT2D eigenvalue weighted by molar-refractivity contribution is 0.158. The molecule has 0 aromatic heterocycles. The van der Waals surface area contributed by atoms with Gasteiger partial charge in [-0.2, -0.15) is 0 Å². The maximum absolute atomic E-state index is 9.49. The van der Waals surface area contributed by atoms with Gasteiger partial charge in [0.05, 0.1) is 0 Å². The highest BCUT2D eigenvalue weighted by Gasteiger charge is 2.23. The fourth-order valence-corrected chi connectivity index (χ4v) is 1.53. The van der Waals surface area contributed by atoms with Gasteiger partial charge >= 0.3 is 0 Å². The van der Waals surface area contributed by atoms with E-state index < -0.39 is 0 Å². The third kappa shape index (κ3) is 1.63. The molecule has 0 aliphatic carbocycles. The summed E-state index contributed by atoms with van der Waals surface area (Å²) in [6.07, 6.45) is 0. The lowest BCUT2D eigenvalue weighted by atomic mass is 10.1. The van der Waals surface area contributed by atoms with Crippen LogP contribution in [0.3, 0.4) is 0 Å². The molecular formula is C11H13NO3. The zero-order valence-electron chi connectivity index (χ0n) is 8.78. The van der Waals surface area contributed by atoms with Crippen molar-refractivity contribution in [3.05, 3.63) is 23.3 Å². The minimum Gasteiger partial charge on any atom is -0.508 e. The van der Waals surface area contributed by atoms with Gasteiger partial charge in [-0.05, 0) is 26.0 Å². The molecule has 0 unspecified atom stereocenters. The summed E-state index contributed by atoms with van der Waals surface area (Å²) in [6.45, 7) is 4.64. The van der Waals surface area contributed by atoms with Crippen molar-refractivity contribution in [2.24, 2.45) is 5.16 Å². The van der Waals surface area contributed by atoms with Crippen molar-refractivity contribution in [1.29, 1.82) is 0 Å². The van der Waals surface area contributed by atoms with Crippen molar-refractivity contribution >= 4 is 5.71 Å². The molecule has 15 heavy (non-hydrogen) atoms. The van der Waals surface area contributed by atoms with E-state index in [1.54, 1.807) is 12.1 Å². The summed E-state index contributed by atoms with van der Waals surface area (Å²) in [5.41, 5.74) is 2.42. The van der Waals surface area contributed by atoms with Crippen molar-refractivity contribution < 1.29 is 14.7 Å². The Hall–Kier alpha value is -1.71. The Morgan fingerprint density at radius 2 is 2.33 bits per heavy atom. The first-order valence-electron chi connectivity index (χ1n) is 4.88. The molecule has 0 saturated carbocycles. The third-order valence-electron chi connectivity index (χ3n) is 2.35. The van der Waals surface area contributed by atoms with Crippen LogP contribution in [0.2, 0.25) is 0 Å². The Balaban J connectivity index is 2.40. The molecule has 4 nitrogen and oxygen atoms in total. The average molecular weight is 207 g/mol. The molecule has 1 aliphatic heterocycles. The van der Waals surface area contributed by atoms with Crippen LogP contribution in [0.25, 0.3) is 0 Å². The first-order valence-corrected chi connectivity index (χ1v) is 4.88. The molecule has 4 heteroatoms. The molecule has 80 valence electrons. The molecule has 0 radical (unpaired) electrons. The van der Waals surface area contributed by atoms with Crippen LogP contribution in [0.1, 0.15) is 18.1 Å². The van der Waals surface area contributed by atoms with E-state index in [0.717, 1.165) is 16.8 Å². The molecule has 0 spiro atoms. The Morgan fingerprint density at radius 3 is 3.07 bits per heavy atom. The van der Waals surface area contributed by atoms with Crippen molar-refractivity contribution in [3.63, 3.8) is 0 Å². The first kappa shape index (κ1) is 9.83. The number of phenols is 1. The Bertz CT molecular complexity index is 413. The van der Waals surface area contributed by atoms with Gasteiger partial charge in [0.2, 0.25) is 0 Å². The number of benzene rings is 1. The summed E-state index contributed by atoms with van der Waals surface area (Å²) >= 11 is 0. The molecule has 0 amide bonds. The largest absolute Gasteiger partial charge is 0.508 e. The number of oxime groups is 1. The molecule has 1 aliphatic rings. The summed E-state index contributed by atoms with van der Waals surface area (Å²) in [4.78, 5) is 4.99. The summed E-state index contributed by atoms with van der Waals surface area (Å²) in [6, 6.07) is 3.44. The van der Waals surface area contributed by atoms with Gasteiger partial charge in [0.15, 0.2) is 0 Å². The lowest BCUT2D eigenvalue weighted by Crippen LogP contribution is -2.03. The second kappa shape index (κ2) is 3.81. The van der Waals surface area contributed by atoms with E-state index >= 15 is 0 Å². The van der Waals surface area contributed by atoms with Crippen molar-refractivity contribution in [2.75, 3.05) is 13.2 Å². The standard InChI is InChI=1S/C11H13NO3/c1-3-15-12-9-6-14-11-7(2)10(13)5-4-8(9)11/h4-5,13H,3,6H2,1-2H3/b12-9+. The lowest BCUT2D eigenvalue weighted by Gasteiger charge is -2.03. The summed E-state index contributed by atoms with van der Waals surface area (Å²) in [5.74, 6) is 0.944. The zero-order valence-corrected chi connectivity index (χ0v) is 8.78. The first-order chi connectivity index (χ1) is 7.24. The van der Waals surface area contributed by atoms with Crippen LogP contribution < -0.4 is 4.74 Å². The molecule has 1 aromatic rings. The quantitative estimate of drug-likeness (QED) is 0.753. The zero-order chi connectivity index (χ0) is 10.8. The number of nitrogens with zero attached hydrogens (tertiary/aromatic N) is 1. The van der Waals surface area contributed by atoms with Gasteiger partial charge in [-0.1, -0.05) is 5.16 Å². The van der Waals surface area contributed by atoms with Gasteiger partial charge in [-0.15, -0.1) is 0 Å². The van der Waals surface area contributed by atoms with Gasteiger partial charge in [0, 0.05) is 11.1 Å². The van der Waals surface area contributed by atoms with Gasteiger partial charge in [-0.25, -0.2) is 0 Å². The van der Waals surface area contributed by atoms with E-state index in [9.17, 15) is 5.11 Å². The van der Waals surface area contributed by atoms with E-state index in [2.05, 4.69) is 5.16 Å².